The first-order valence-corrected chi connectivity index (χ1v) is 10.2. The van der Waals surface area contributed by atoms with Crippen LogP contribution in [0.2, 0.25) is 5.02 Å². The van der Waals surface area contributed by atoms with Gasteiger partial charge in [0.2, 0.25) is 5.95 Å². The molecule has 11 heteroatoms. The summed E-state index contributed by atoms with van der Waals surface area (Å²) in [6, 6.07) is 5.36. The fourth-order valence-corrected chi connectivity index (χ4v) is 3.62. The van der Waals surface area contributed by atoms with Crippen LogP contribution in [0, 0.1) is 0 Å². The van der Waals surface area contributed by atoms with E-state index in [1.54, 1.807) is 48.2 Å². The van der Waals surface area contributed by atoms with Crippen molar-refractivity contribution in [3.8, 4) is 0 Å². The molecule has 0 radical (unpaired) electrons. The van der Waals surface area contributed by atoms with E-state index in [0.717, 1.165) is 5.52 Å². The Morgan fingerprint density at radius 3 is 2.65 bits per heavy atom. The lowest BCUT2D eigenvalue weighted by Gasteiger charge is -2.38. The molecule has 0 saturated carbocycles. The van der Waals surface area contributed by atoms with Gasteiger partial charge in [-0.25, -0.2) is 18.6 Å². The van der Waals surface area contributed by atoms with E-state index in [0.29, 0.717) is 24.2 Å². The maximum atomic E-state index is 13.2. The third-order valence-corrected chi connectivity index (χ3v) is 5.49. The Hall–Kier alpha value is -2.72. The molecule has 3 aromatic rings. The molecule has 1 aliphatic heterocycles. The standard InChI is InChI=1S/C20H23ClF2N6O2/c1-19(2,31)6-7-29-15-8-12(4-5-14(15)27(3)18(29)30)25-16-13(21)9-24-17(26-16)28-10-20(22,23)11-28/h4-5,8-9,31H,6-7,10-11H2,1-3H3,(H,24,25,26). The maximum Gasteiger partial charge on any atom is 0.328 e. The number of imidazole rings is 1. The fraction of sp³-hybridized carbons (Fsp3) is 0.450. The molecule has 0 aliphatic carbocycles. The summed E-state index contributed by atoms with van der Waals surface area (Å²) in [5.74, 6) is -2.29. The summed E-state index contributed by atoms with van der Waals surface area (Å²) < 4.78 is 29.5. The number of aromatic nitrogens is 4. The lowest BCUT2D eigenvalue weighted by atomic mass is 10.1. The number of hydrogen-bond donors (Lipinski definition) is 2. The van der Waals surface area contributed by atoms with Crippen molar-refractivity contribution in [2.24, 2.45) is 7.05 Å². The third kappa shape index (κ3) is 4.35. The number of rotatable bonds is 6. The number of aliphatic hydroxyl groups is 1. The van der Waals surface area contributed by atoms with Crippen molar-refractivity contribution in [2.75, 3.05) is 23.3 Å². The molecule has 0 spiro atoms. The Balaban J connectivity index is 1.64. The SMILES string of the molecule is Cn1c(=O)n(CCC(C)(C)O)c2cc(Nc3nc(N4CC(F)(F)C4)ncc3Cl)ccc21. The van der Waals surface area contributed by atoms with Gasteiger partial charge in [0.25, 0.3) is 5.92 Å². The number of fused-ring (bicyclic) bond motifs is 1. The zero-order valence-corrected chi connectivity index (χ0v) is 18.1. The van der Waals surface area contributed by atoms with Crippen molar-refractivity contribution in [1.29, 1.82) is 0 Å². The lowest BCUT2D eigenvalue weighted by Crippen LogP contribution is -2.57. The topological polar surface area (TPSA) is 88.2 Å². The highest BCUT2D eigenvalue weighted by molar-refractivity contribution is 6.32. The van der Waals surface area contributed by atoms with Crippen molar-refractivity contribution in [3.05, 3.63) is 39.9 Å². The smallest absolute Gasteiger partial charge is 0.328 e. The van der Waals surface area contributed by atoms with Crippen LogP contribution in [0.15, 0.2) is 29.2 Å². The van der Waals surface area contributed by atoms with Gasteiger partial charge in [0.15, 0.2) is 5.82 Å². The van der Waals surface area contributed by atoms with Gasteiger partial charge in [0.1, 0.15) is 5.02 Å². The molecule has 0 unspecified atom stereocenters. The summed E-state index contributed by atoms with van der Waals surface area (Å²) in [5, 5.41) is 13.4. The Kier molecular flexibility index (Phi) is 5.17. The van der Waals surface area contributed by atoms with E-state index in [1.807, 2.05) is 0 Å². The normalized spacial score (nSPS) is 15.9. The van der Waals surface area contributed by atoms with Crippen LogP contribution in [0.25, 0.3) is 11.0 Å². The number of aryl methyl sites for hydroxylation is 2. The molecule has 0 amide bonds. The van der Waals surface area contributed by atoms with Crippen molar-refractivity contribution in [3.63, 3.8) is 0 Å². The Morgan fingerprint density at radius 1 is 1.29 bits per heavy atom. The zero-order chi connectivity index (χ0) is 22.6. The van der Waals surface area contributed by atoms with E-state index in [4.69, 9.17) is 11.6 Å². The first-order valence-electron chi connectivity index (χ1n) is 9.77. The average Bonchev–Trinajstić information content (AvgIpc) is 2.89. The number of anilines is 3. The molecule has 2 aromatic heterocycles. The van der Waals surface area contributed by atoms with E-state index >= 15 is 0 Å². The highest BCUT2D eigenvalue weighted by atomic mass is 35.5. The Morgan fingerprint density at radius 2 is 2.00 bits per heavy atom. The van der Waals surface area contributed by atoms with Crippen molar-refractivity contribution in [2.45, 2.75) is 38.3 Å². The molecule has 0 bridgehead atoms. The van der Waals surface area contributed by atoms with Gasteiger partial charge in [-0.05, 0) is 38.5 Å². The predicted octanol–water partition coefficient (Wildman–Crippen LogP) is 3.14. The van der Waals surface area contributed by atoms with Crippen LogP contribution in [0.4, 0.5) is 26.2 Å². The first-order chi connectivity index (χ1) is 14.4. The van der Waals surface area contributed by atoms with Crippen molar-refractivity contribution in [1.82, 2.24) is 19.1 Å². The predicted molar refractivity (Wildman–Crippen MR) is 116 cm³/mol. The molecule has 3 heterocycles. The van der Waals surface area contributed by atoms with Gasteiger partial charge < -0.3 is 15.3 Å². The second-order valence-electron chi connectivity index (χ2n) is 8.46. The van der Waals surface area contributed by atoms with Gasteiger partial charge in [0.05, 0.1) is 35.9 Å². The number of benzene rings is 1. The molecule has 1 aliphatic rings. The second kappa shape index (κ2) is 7.45. The second-order valence-corrected chi connectivity index (χ2v) is 8.87. The maximum absolute atomic E-state index is 13.2. The van der Waals surface area contributed by atoms with Gasteiger partial charge in [-0.2, -0.15) is 4.98 Å². The summed E-state index contributed by atoms with van der Waals surface area (Å²) in [5.41, 5.74) is 0.960. The lowest BCUT2D eigenvalue weighted by molar-refractivity contribution is -0.0271. The Bertz CT molecular complexity index is 1190. The molecule has 1 saturated heterocycles. The van der Waals surface area contributed by atoms with Crippen LogP contribution in [0.5, 0.6) is 0 Å². The highest BCUT2D eigenvalue weighted by Gasteiger charge is 2.45. The zero-order valence-electron chi connectivity index (χ0n) is 17.4. The minimum Gasteiger partial charge on any atom is -0.390 e. The Labute approximate surface area is 182 Å². The average molecular weight is 453 g/mol. The summed E-state index contributed by atoms with van der Waals surface area (Å²) >= 11 is 6.21. The molecule has 8 nitrogen and oxygen atoms in total. The number of alkyl halides is 2. The van der Waals surface area contributed by atoms with Crippen LogP contribution in [0.3, 0.4) is 0 Å². The van der Waals surface area contributed by atoms with Crippen LogP contribution < -0.4 is 15.9 Å². The molecule has 4 rings (SSSR count). The molecule has 2 N–H and O–H groups in total. The molecule has 0 atom stereocenters. The van der Waals surface area contributed by atoms with E-state index < -0.39 is 24.6 Å². The van der Waals surface area contributed by atoms with Crippen molar-refractivity contribution >= 4 is 40.1 Å². The quantitative estimate of drug-likeness (QED) is 0.597. The fourth-order valence-electron chi connectivity index (χ4n) is 3.48. The van der Waals surface area contributed by atoms with Gasteiger partial charge in [-0.3, -0.25) is 9.13 Å². The van der Waals surface area contributed by atoms with E-state index in [9.17, 15) is 18.7 Å². The van der Waals surface area contributed by atoms with Crippen molar-refractivity contribution < 1.29 is 13.9 Å². The molecule has 1 aromatic carbocycles. The monoisotopic (exact) mass is 452 g/mol. The number of hydrogen-bond acceptors (Lipinski definition) is 6. The van der Waals surface area contributed by atoms with E-state index in [2.05, 4.69) is 15.3 Å². The minimum atomic E-state index is -2.73. The van der Waals surface area contributed by atoms with Gasteiger partial charge in [-0.1, -0.05) is 11.6 Å². The third-order valence-electron chi connectivity index (χ3n) is 5.21. The summed E-state index contributed by atoms with van der Waals surface area (Å²) in [7, 11) is 1.69. The highest BCUT2D eigenvalue weighted by Crippen LogP contribution is 2.32. The van der Waals surface area contributed by atoms with Gasteiger partial charge in [-0.15, -0.1) is 0 Å². The van der Waals surface area contributed by atoms with Gasteiger partial charge >= 0.3 is 5.69 Å². The molecule has 1 fully saturated rings. The number of halogens is 3. The molecule has 166 valence electrons. The van der Waals surface area contributed by atoms with E-state index in [1.165, 1.54) is 11.1 Å². The molecular formula is C20H23ClF2N6O2. The first kappa shape index (κ1) is 21.5. The summed E-state index contributed by atoms with van der Waals surface area (Å²) in [6.45, 7) is 2.87. The molecule has 31 heavy (non-hydrogen) atoms. The van der Waals surface area contributed by atoms with Crippen LogP contribution in [-0.4, -0.2) is 48.8 Å². The van der Waals surface area contributed by atoms with Crippen LogP contribution >= 0.6 is 11.6 Å². The van der Waals surface area contributed by atoms with Crippen LogP contribution in [0.1, 0.15) is 20.3 Å². The van der Waals surface area contributed by atoms with Gasteiger partial charge in [0, 0.05) is 19.3 Å². The minimum absolute atomic E-state index is 0.167. The number of nitrogens with zero attached hydrogens (tertiary/aromatic N) is 5. The number of nitrogens with one attached hydrogen (secondary N) is 1. The summed E-state index contributed by atoms with van der Waals surface area (Å²) in [4.78, 5) is 22.3. The van der Waals surface area contributed by atoms with E-state index in [-0.39, 0.29) is 22.5 Å². The summed E-state index contributed by atoms with van der Waals surface area (Å²) in [6.07, 6.45) is 1.77. The largest absolute Gasteiger partial charge is 0.390 e. The van der Waals surface area contributed by atoms with Crippen LogP contribution in [-0.2, 0) is 13.6 Å². The molecular weight excluding hydrogens is 430 g/mol.